The Balaban J connectivity index is 2.15. The van der Waals surface area contributed by atoms with Crippen molar-refractivity contribution >= 4 is 40.1 Å². The van der Waals surface area contributed by atoms with Crippen molar-refractivity contribution < 1.29 is 22.8 Å². The molecule has 120 valence electrons. The van der Waals surface area contributed by atoms with Crippen LogP contribution in [0.4, 0.5) is 18.9 Å². The van der Waals surface area contributed by atoms with Crippen molar-refractivity contribution in [2.24, 2.45) is 5.92 Å². The fraction of sp³-hybridized carbons (Fsp3) is 0.462. The molecule has 1 aromatic heterocycles. The number of nitrogens with zero attached hydrogens (tertiary/aromatic N) is 2. The van der Waals surface area contributed by atoms with Gasteiger partial charge in [0.05, 0.1) is 5.69 Å². The Hall–Kier alpha value is -1.28. The van der Waals surface area contributed by atoms with E-state index in [1.165, 1.54) is 11.8 Å². The lowest BCUT2D eigenvalue weighted by molar-refractivity contribution is -0.141. The first-order chi connectivity index (χ1) is 10.2. The molecular weight excluding hydrogens is 341 g/mol. The van der Waals surface area contributed by atoms with E-state index >= 15 is 0 Å². The SMILES string of the molecule is CC(=O)SCC1CC(=O)N(c2ccc(C(F)(F)F)nc2Cl)C1. The predicted octanol–water partition coefficient (Wildman–Crippen LogP) is 3.39. The zero-order valence-electron chi connectivity index (χ0n) is 11.5. The number of amides is 1. The first kappa shape index (κ1) is 17.1. The predicted molar refractivity (Wildman–Crippen MR) is 77.8 cm³/mol. The molecule has 0 saturated carbocycles. The average Bonchev–Trinajstić information content (AvgIpc) is 2.76. The molecule has 0 radical (unpaired) electrons. The standard InChI is InChI=1S/C13H12ClF3N2O2S/c1-7(20)22-6-8-4-11(21)19(5-8)9-2-3-10(13(15,16)17)18-12(9)14/h2-3,8H,4-6H2,1H3. The van der Waals surface area contributed by atoms with Gasteiger partial charge in [-0.05, 0) is 18.1 Å². The number of carbonyl (C=O) groups excluding carboxylic acids is 2. The number of pyridine rings is 1. The van der Waals surface area contributed by atoms with Gasteiger partial charge >= 0.3 is 6.18 Å². The van der Waals surface area contributed by atoms with Crippen LogP contribution >= 0.6 is 23.4 Å². The summed E-state index contributed by atoms with van der Waals surface area (Å²) in [5, 5.41) is -0.400. The summed E-state index contributed by atoms with van der Waals surface area (Å²) in [4.78, 5) is 27.6. The van der Waals surface area contributed by atoms with Gasteiger partial charge < -0.3 is 4.90 Å². The van der Waals surface area contributed by atoms with Crippen molar-refractivity contribution in [1.82, 2.24) is 4.98 Å². The Morgan fingerprint density at radius 3 is 2.73 bits per heavy atom. The van der Waals surface area contributed by atoms with E-state index in [4.69, 9.17) is 11.6 Å². The van der Waals surface area contributed by atoms with E-state index in [1.54, 1.807) is 0 Å². The molecule has 2 heterocycles. The van der Waals surface area contributed by atoms with Gasteiger partial charge in [0.15, 0.2) is 10.3 Å². The van der Waals surface area contributed by atoms with E-state index < -0.39 is 11.9 Å². The topological polar surface area (TPSA) is 50.3 Å². The summed E-state index contributed by atoms with van der Waals surface area (Å²) in [6, 6.07) is 1.95. The smallest absolute Gasteiger partial charge is 0.309 e. The largest absolute Gasteiger partial charge is 0.433 e. The van der Waals surface area contributed by atoms with Crippen LogP contribution in [0.5, 0.6) is 0 Å². The number of halogens is 4. The minimum absolute atomic E-state index is 0.0415. The van der Waals surface area contributed by atoms with E-state index in [0.717, 1.165) is 23.9 Å². The van der Waals surface area contributed by atoms with Crippen molar-refractivity contribution in [3.63, 3.8) is 0 Å². The van der Waals surface area contributed by atoms with Crippen LogP contribution in [0, 0.1) is 5.92 Å². The summed E-state index contributed by atoms with van der Waals surface area (Å²) in [6.45, 7) is 1.75. The molecule has 1 fully saturated rings. The number of hydrogen-bond acceptors (Lipinski definition) is 4. The molecule has 2 rings (SSSR count). The third-order valence-electron chi connectivity index (χ3n) is 3.14. The molecule has 1 saturated heterocycles. The second-order valence-electron chi connectivity index (χ2n) is 4.88. The van der Waals surface area contributed by atoms with E-state index in [9.17, 15) is 22.8 Å². The van der Waals surface area contributed by atoms with Crippen LogP contribution in [0.15, 0.2) is 12.1 Å². The minimum atomic E-state index is -4.59. The first-order valence-corrected chi connectivity index (χ1v) is 7.72. The molecule has 4 nitrogen and oxygen atoms in total. The van der Waals surface area contributed by atoms with Crippen molar-refractivity contribution in [2.45, 2.75) is 19.5 Å². The van der Waals surface area contributed by atoms with Gasteiger partial charge in [0.25, 0.3) is 0 Å². The fourth-order valence-corrected chi connectivity index (χ4v) is 3.10. The molecule has 1 aliphatic heterocycles. The molecule has 0 aromatic carbocycles. The second kappa shape index (κ2) is 6.45. The van der Waals surface area contributed by atoms with Gasteiger partial charge in [0.2, 0.25) is 5.91 Å². The molecule has 1 aliphatic rings. The van der Waals surface area contributed by atoms with Crippen molar-refractivity contribution in [3.05, 3.63) is 23.0 Å². The Bertz CT molecular complexity index is 609. The highest BCUT2D eigenvalue weighted by Gasteiger charge is 2.35. The molecule has 0 spiro atoms. The third-order valence-corrected chi connectivity index (χ3v) is 4.46. The summed E-state index contributed by atoms with van der Waals surface area (Å²) in [7, 11) is 0. The molecule has 1 atom stereocenters. The van der Waals surface area contributed by atoms with Gasteiger partial charge in [-0.2, -0.15) is 13.2 Å². The first-order valence-electron chi connectivity index (χ1n) is 6.36. The van der Waals surface area contributed by atoms with E-state index in [0.29, 0.717) is 12.3 Å². The Morgan fingerprint density at radius 2 is 2.18 bits per heavy atom. The maximum atomic E-state index is 12.6. The van der Waals surface area contributed by atoms with Crippen molar-refractivity contribution in [1.29, 1.82) is 0 Å². The van der Waals surface area contributed by atoms with Crippen molar-refractivity contribution in [2.75, 3.05) is 17.2 Å². The van der Waals surface area contributed by atoms with Crippen LogP contribution in [-0.2, 0) is 15.8 Å². The summed E-state index contributed by atoms with van der Waals surface area (Å²) >= 11 is 6.91. The lowest BCUT2D eigenvalue weighted by Gasteiger charge is -2.18. The Kier molecular flexibility index (Phi) is 5.01. The molecule has 1 unspecified atom stereocenters. The second-order valence-corrected chi connectivity index (χ2v) is 6.44. The van der Waals surface area contributed by atoms with Crippen LogP contribution in [0.25, 0.3) is 0 Å². The normalized spacial score (nSPS) is 18.9. The number of anilines is 1. The highest BCUT2D eigenvalue weighted by atomic mass is 35.5. The van der Waals surface area contributed by atoms with Gasteiger partial charge in [-0.3, -0.25) is 9.59 Å². The van der Waals surface area contributed by atoms with Crippen LogP contribution < -0.4 is 4.90 Å². The number of aromatic nitrogens is 1. The lowest BCUT2D eigenvalue weighted by atomic mass is 10.1. The quantitative estimate of drug-likeness (QED) is 0.782. The lowest BCUT2D eigenvalue weighted by Crippen LogP contribution is -2.25. The molecule has 1 amide bonds. The Morgan fingerprint density at radius 1 is 1.50 bits per heavy atom. The van der Waals surface area contributed by atoms with Crippen LogP contribution in [-0.4, -0.2) is 28.3 Å². The molecule has 0 N–H and O–H groups in total. The summed E-state index contributed by atoms with van der Waals surface area (Å²) < 4.78 is 37.7. The number of rotatable bonds is 3. The number of hydrogen-bond donors (Lipinski definition) is 0. The highest BCUT2D eigenvalue weighted by Crippen LogP contribution is 2.35. The Labute approximate surface area is 134 Å². The monoisotopic (exact) mass is 352 g/mol. The average molecular weight is 353 g/mol. The van der Waals surface area contributed by atoms with Gasteiger partial charge in [-0.25, -0.2) is 4.98 Å². The van der Waals surface area contributed by atoms with Crippen LogP contribution in [0.3, 0.4) is 0 Å². The zero-order chi connectivity index (χ0) is 16.5. The fourth-order valence-electron chi connectivity index (χ4n) is 2.15. The maximum absolute atomic E-state index is 12.6. The van der Waals surface area contributed by atoms with E-state index in [-0.39, 0.29) is 34.2 Å². The number of thioether (sulfide) groups is 1. The van der Waals surface area contributed by atoms with Crippen LogP contribution in [0.1, 0.15) is 19.0 Å². The van der Waals surface area contributed by atoms with Gasteiger partial charge in [-0.1, -0.05) is 23.4 Å². The number of carbonyl (C=O) groups is 2. The maximum Gasteiger partial charge on any atom is 0.433 e. The molecule has 1 aromatic rings. The summed E-state index contributed by atoms with van der Waals surface area (Å²) in [6.07, 6.45) is -4.35. The van der Waals surface area contributed by atoms with Gasteiger partial charge in [-0.15, -0.1) is 0 Å². The molecule has 22 heavy (non-hydrogen) atoms. The molecular formula is C13H12ClF3N2O2S. The minimum Gasteiger partial charge on any atom is -0.309 e. The van der Waals surface area contributed by atoms with Crippen molar-refractivity contribution in [3.8, 4) is 0 Å². The molecule has 0 bridgehead atoms. The summed E-state index contributed by atoms with van der Waals surface area (Å²) in [5.74, 6) is 0.209. The highest BCUT2D eigenvalue weighted by molar-refractivity contribution is 8.13. The molecule has 0 aliphatic carbocycles. The van der Waals surface area contributed by atoms with Gasteiger partial charge in [0, 0.05) is 25.6 Å². The van der Waals surface area contributed by atoms with Gasteiger partial charge in [0.1, 0.15) is 5.69 Å². The van der Waals surface area contributed by atoms with Crippen LogP contribution in [0.2, 0.25) is 5.15 Å². The van der Waals surface area contributed by atoms with E-state index in [1.807, 2.05) is 0 Å². The summed E-state index contributed by atoms with van der Waals surface area (Å²) in [5.41, 5.74) is -0.938. The van der Waals surface area contributed by atoms with E-state index in [2.05, 4.69) is 4.98 Å². The number of alkyl halides is 3. The third kappa shape index (κ3) is 3.92. The zero-order valence-corrected chi connectivity index (χ0v) is 13.1. The molecule has 9 heteroatoms.